The fraction of sp³-hybridized carbons (Fsp3) is 0.435. The van der Waals surface area contributed by atoms with E-state index in [2.05, 4.69) is 90.9 Å². The molecule has 0 spiro atoms. The third-order valence-corrected chi connectivity index (χ3v) is 4.32. The monoisotopic (exact) mass is 323 g/mol. The predicted molar refractivity (Wildman–Crippen MR) is 103 cm³/mol. The lowest BCUT2D eigenvalue weighted by atomic mass is 9.83. The van der Waals surface area contributed by atoms with Crippen LogP contribution < -0.4 is 0 Å². The Kier molecular flexibility index (Phi) is 5.55. The van der Waals surface area contributed by atoms with Crippen LogP contribution in [-0.2, 0) is 28.8 Å². The van der Waals surface area contributed by atoms with Gasteiger partial charge in [0.15, 0.2) is 0 Å². The molecule has 1 radical (unpaired) electrons. The van der Waals surface area contributed by atoms with E-state index >= 15 is 0 Å². The summed E-state index contributed by atoms with van der Waals surface area (Å²) in [5.41, 5.74) is 6.48. The minimum Gasteiger partial charge on any atom is -0.372 e. The Labute approximate surface area is 148 Å². The predicted octanol–water partition coefficient (Wildman–Crippen LogP) is 6.18. The third-order valence-electron chi connectivity index (χ3n) is 4.32. The van der Waals surface area contributed by atoms with Crippen LogP contribution in [0.3, 0.4) is 0 Å². The van der Waals surface area contributed by atoms with Crippen LogP contribution in [0.4, 0.5) is 0 Å². The van der Waals surface area contributed by atoms with Crippen molar-refractivity contribution in [3.63, 3.8) is 0 Å². The summed E-state index contributed by atoms with van der Waals surface area (Å²) in [5, 5.41) is 0. The Morgan fingerprint density at radius 3 is 1.96 bits per heavy atom. The van der Waals surface area contributed by atoms with Gasteiger partial charge in [-0.05, 0) is 45.6 Å². The lowest BCUT2D eigenvalue weighted by Gasteiger charge is -2.23. The summed E-state index contributed by atoms with van der Waals surface area (Å²) in [6.45, 7) is 18.7. The normalized spacial score (nSPS) is 12.5. The van der Waals surface area contributed by atoms with Gasteiger partial charge in [0, 0.05) is 0 Å². The van der Waals surface area contributed by atoms with E-state index in [0.29, 0.717) is 13.2 Å². The van der Waals surface area contributed by atoms with Crippen LogP contribution in [0.5, 0.6) is 0 Å². The van der Waals surface area contributed by atoms with Crippen molar-refractivity contribution >= 4 is 0 Å². The molecule has 2 aromatic rings. The largest absolute Gasteiger partial charge is 0.372 e. The number of hydrogen-bond acceptors (Lipinski definition) is 1. The van der Waals surface area contributed by atoms with E-state index in [4.69, 9.17) is 4.74 Å². The molecule has 2 aromatic carbocycles. The summed E-state index contributed by atoms with van der Waals surface area (Å²) in [5.74, 6) is 0. The fourth-order valence-corrected chi connectivity index (χ4v) is 2.88. The molecule has 0 heterocycles. The highest BCUT2D eigenvalue weighted by molar-refractivity contribution is 5.37. The molecule has 0 aromatic heterocycles. The molecule has 0 aliphatic carbocycles. The van der Waals surface area contributed by atoms with Gasteiger partial charge >= 0.3 is 0 Å². The second kappa shape index (κ2) is 7.11. The van der Waals surface area contributed by atoms with Crippen LogP contribution in [0, 0.1) is 6.92 Å². The van der Waals surface area contributed by atoms with Crippen molar-refractivity contribution in [2.24, 2.45) is 0 Å². The Morgan fingerprint density at radius 1 is 0.792 bits per heavy atom. The molecule has 0 aliphatic rings. The first-order valence-electron chi connectivity index (χ1n) is 8.70. The maximum Gasteiger partial charge on any atom is 0.0724 e. The first-order valence-corrected chi connectivity index (χ1v) is 8.70. The average molecular weight is 324 g/mol. The molecule has 2 rings (SSSR count). The zero-order valence-electron chi connectivity index (χ0n) is 16.1. The van der Waals surface area contributed by atoms with Crippen LogP contribution in [0.25, 0.3) is 0 Å². The summed E-state index contributed by atoms with van der Waals surface area (Å²) in [6, 6.07) is 15.1. The Hall–Kier alpha value is -1.60. The maximum atomic E-state index is 5.99. The zero-order chi connectivity index (χ0) is 18.0. The molecule has 0 amide bonds. The molecular formula is C23H31O. The molecule has 0 unspecified atom stereocenters. The van der Waals surface area contributed by atoms with Crippen molar-refractivity contribution in [3.8, 4) is 0 Å². The van der Waals surface area contributed by atoms with Crippen molar-refractivity contribution in [3.05, 3.63) is 77.2 Å². The van der Waals surface area contributed by atoms with Gasteiger partial charge in [-0.1, -0.05) is 84.0 Å². The quantitative estimate of drug-likeness (QED) is 0.652. The fourth-order valence-electron chi connectivity index (χ4n) is 2.88. The summed E-state index contributed by atoms with van der Waals surface area (Å²) in [6.07, 6.45) is 0. The highest BCUT2D eigenvalue weighted by atomic mass is 16.5. The third kappa shape index (κ3) is 4.95. The summed E-state index contributed by atoms with van der Waals surface area (Å²) >= 11 is 0. The molecule has 0 aliphatic heterocycles. The molecule has 0 N–H and O–H groups in total. The Morgan fingerprint density at radius 2 is 1.42 bits per heavy atom. The van der Waals surface area contributed by atoms with Crippen molar-refractivity contribution in [1.29, 1.82) is 0 Å². The number of ether oxygens (including phenoxy) is 1. The molecule has 0 fully saturated rings. The van der Waals surface area contributed by atoms with E-state index in [0.717, 1.165) is 5.56 Å². The van der Waals surface area contributed by atoms with Crippen molar-refractivity contribution in [1.82, 2.24) is 0 Å². The molecule has 129 valence electrons. The van der Waals surface area contributed by atoms with E-state index in [1.54, 1.807) is 0 Å². The molecule has 1 heteroatoms. The van der Waals surface area contributed by atoms with Crippen LogP contribution in [0.15, 0.2) is 42.5 Å². The standard InChI is InChI=1S/C23H31O/c1-17-8-13-21(23(5,6)7)19(14-17)16-24-15-18-9-11-20(12-10-18)22(2,3)4/h8-14H,1,15-16H2,2-7H3. The molecule has 0 atom stereocenters. The van der Waals surface area contributed by atoms with Crippen molar-refractivity contribution in [2.75, 3.05) is 0 Å². The number of benzene rings is 2. The van der Waals surface area contributed by atoms with Gasteiger partial charge in [0.2, 0.25) is 0 Å². The summed E-state index contributed by atoms with van der Waals surface area (Å²) in [4.78, 5) is 0. The Balaban J connectivity index is 2.03. The topological polar surface area (TPSA) is 9.23 Å². The highest BCUT2D eigenvalue weighted by Crippen LogP contribution is 2.27. The van der Waals surface area contributed by atoms with Crippen molar-refractivity contribution < 1.29 is 4.74 Å². The second-order valence-corrected chi connectivity index (χ2v) is 8.68. The molecule has 0 bridgehead atoms. The first kappa shape index (κ1) is 18.7. The molecule has 1 nitrogen and oxygen atoms in total. The number of hydrogen-bond donors (Lipinski definition) is 0. The molecule has 0 saturated carbocycles. The zero-order valence-corrected chi connectivity index (χ0v) is 16.1. The smallest absolute Gasteiger partial charge is 0.0724 e. The highest BCUT2D eigenvalue weighted by Gasteiger charge is 2.18. The maximum absolute atomic E-state index is 5.99. The van der Waals surface area contributed by atoms with E-state index in [1.165, 1.54) is 22.3 Å². The SMILES string of the molecule is [CH2]c1ccc(C(C)(C)C)c(COCc2ccc(C(C)(C)C)cc2)c1. The molecule has 24 heavy (non-hydrogen) atoms. The van der Waals surface area contributed by atoms with E-state index < -0.39 is 0 Å². The van der Waals surface area contributed by atoms with Crippen LogP contribution in [0.2, 0.25) is 0 Å². The minimum atomic E-state index is 0.112. The van der Waals surface area contributed by atoms with E-state index in [-0.39, 0.29) is 10.8 Å². The average Bonchev–Trinajstić information content (AvgIpc) is 2.45. The van der Waals surface area contributed by atoms with Gasteiger partial charge in [-0.25, -0.2) is 0 Å². The number of rotatable bonds is 4. The minimum absolute atomic E-state index is 0.112. The van der Waals surface area contributed by atoms with E-state index in [9.17, 15) is 0 Å². The van der Waals surface area contributed by atoms with Gasteiger partial charge in [0.25, 0.3) is 0 Å². The van der Waals surface area contributed by atoms with E-state index in [1.807, 2.05) is 0 Å². The lowest BCUT2D eigenvalue weighted by Crippen LogP contribution is -2.15. The molecule has 0 saturated heterocycles. The molecular weight excluding hydrogens is 292 g/mol. The van der Waals surface area contributed by atoms with Gasteiger partial charge in [-0.2, -0.15) is 0 Å². The van der Waals surface area contributed by atoms with Crippen LogP contribution >= 0.6 is 0 Å². The second-order valence-electron chi connectivity index (χ2n) is 8.68. The van der Waals surface area contributed by atoms with Gasteiger partial charge in [0.1, 0.15) is 0 Å². The van der Waals surface area contributed by atoms with Gasteiger partial charge in [-0.3, -0.25) is 0 Å². The van der Waals surface area contributed by atoms with Gasteiger partial charge in [-0.15, -0.1) is 0 Å². The van der Waals surface area contributed by atoms with Gasteiger partial charge < -0.3 is 4.74 Å². The van der Waals surface area contributed by atoms with Crippen LogP contribution in [-0.4, -0.2) is 0 Å². The Bertz CT molecular complexity index is 667. The summed E-state index contributed by atoms with van der Waals surface area (Å²) < 4.78 is 5.99. The van der Waals surface area contributed by atoms with Gasteiger partial charge in [0.05, 0.1) is 13.2 Å². The summed E-state index contributed by atoms with van der Waals surface area (Å²) in [7, 11) is 0. The lowest BCUT2D eigenvalue weighted by molar-refractivity contribution is 0.106. The van der Waals surface area contributed by atoms with Crippen molar-refractivity contribution in [2.45, 2.75) is 65.6 Å². The van der Waals surface area contributed by atoms with Crippen LogP contribution in [0.1, 0.15) is 69.4 Å². The first-order chi connectivity index (χ1) is 11.1.